The lowest BCUT2D eigenvalue weighted by atomic mass is 9.95. The Labute approximate surface area is 127 Å². The third kappa shape index (κ3) is 3.41. The SMILES string of the molecule is C[NH+]1CCC(/C=C/c2cccc3ccccc23)CC1.[Cl-]. The van der Waals surface area contributed by atoms with E-state index in [1.165, 1.54) is 42.3 Å². The van der Waals surface area contributed by atoms with Crippen molar-refractivity contribution in [3.8, 4) is 0 Å². The van der Waals surface area contributed by atoms with Crippen LogP contribution in [0.2, 0.25) is 0 Å². The zero-order chi connectivity index (χ0) is 13.1. The molecule has 0 saturated carbocycles. The van der Waals surface area contributed by atoms with Crippen LogP contribution < -0.4 is 17.3 Å². The molecule has 0 unspecified atom stereocenters. The quantitative estimate of drug-likeness (QED) is 0.779. The summed E-state index contributed by atoms with van der Waals surface area (Å²) >= 11 is 0. The monoisotopic (exact) mass is 287 g/mol. The number of piperidine rings is 1. The minimum atomic E-state index is 0. The topological polar surface area (TPSA) is 4.44 Å². The Balaban J connectivity index is 0.00000147. The summed E-state index contributed by atoms with van der Waals surface area (Å²) in [6.07, 6.45) is 7.40. The Hall–Kier alpha value is -1.31. The smallest absolute Gasteiger partial charge is 0.0774 e. The molecule has 2 heteroatoms. The summed E-state index contributed by atoms with van der Waals surface area (Å²) in [5, 5.41) is 2.69. The van der Waals surface area contributed by atoms with Gasteiger partial charge in [0.05, 0.1) is 20.1 Å². The van der Waals surface area contributed by atoms with E-state index in [0.717, 1.165) is 5.92 Å². The van der Waals surface area contributed by atoms with Crippen molar-refractivity contribution in [2.24, 2.45) is 5.92 Å². The number of quaternary nitrogens is 1. The predicted octanol–water partition coefficient (Wildman–Crippen LogP) is -0.218. The molecule has 2 aromatic carbocycles. The molecule has 0 aromatic heterocycles. The molecule has 2 aromatic rings. The number of hydrogen-bond acceptors (Lipinski definition) is 0. The summed E-state index contributed by atoms with van der Waals surface area (Å²) in [7, 11) is 2.30. The van der Waals surface area contributed by atoms with Crippen molar-refractivity contribution in [2.75, 3.05) is 20.1 Å². The van der Waals surface area contributed by atoms with Crippen LogP contribution in [0, 0.1) is 5.92 Å². The molecule has 0 spiro atoms. The molecule has 1 nitrogen and oxygen atoms in total. The lowest BCUT2D eigenvalue weighted by Gasteiger charge is -2.24. The fourth-order valence-electron chi connectivity index (χ4n) is 2.96. The van der Waals surface area contributed by atoms with Crippen LogP contribution in [-0.2, 0) is 0 Å². The standard InChI is InChI=1S/C18H21N.ClH/c1-19-13-11-15(12-14-19)9-10-17-7-4-6-16-5-2-3-8-18(16)17;/h2-10,15H,11-14H2,1H3;1H/b10-9+;. The fraction of sp³-hybridized carbons (Fsp3) is 0.333. The van der Waals surface area contributed by atoms with Gasteiger partial charge in [0.25, 0.3) is 0 Å². The van der Waals surface area contributed by atoms with Crippen LogP contribution in [0.3, 0.4) is 0 Å². The highest BCUT2D eigenvalue weighted by Crippen LogP contribution is 2.21. The number of halogens is 1. The van der Waals surface area contributed by atoms with E-state index >= 15 is 0 Å². The van der Waals surface area contributed by atoms with Crippen LogP contribution in [0.15, 0.2) is 48.5 Å². The van der Waals surface area contributed by atoms with Crippen molar-refractivity contribution in [1.82, 2.24) is 0 Å². The molecule has 1 heterocycles. The maximum Gasteiger partial charge on any atom is 0.0774 e. The number of likely N-dealkylation sites (tertiary alicyclic amines) is 1. The van der Waals surface area contributed by atoms with E-state index in [1.54, 1.807) is 4.90 Å². The van der Waals surface area contributed by atoms with Gasteiger partial charge in [0.15, 0.2) is 0 Å². The van der Waals surface area contributed by atoms with Gasteiger partial charge in [0.2, 0.25) is 0 Å². The van der Waals surface area contributed by atoms with Gasteiger partial charge < -0.3 is 17.3 Å². The lowest BCUT2D eigenvalue weighted by Crippen LogP contribution is -3.10. The molecule has 0 radical (unpaired) electrons. The number of benzene rings is 2. The highest BCUT2D eigenvalue weighted by Gasteiger charge is 2.16. The zero-order valence-corrected chi connectivity index (χ0v) is 12.7. The van der Waals surface area contributed by atoms with E-state index in [0.29, 0.717) is 0 Å². The Morgan fingerprint density at radius 1 is 1.00 bits per heavy atom. The van der Waals surface area contributed by atoms with Gasteiger partial charge in [0, 0.05) is 12.8 Å². The van der Waals surface area contributed by atoms with Gasteiger partial charge in [-0.05, 0) is 22.3 Å². The van der Waals surface area contributed by atoms with E-state index < -0.39 is 0 Å². The molecule has 0 amide bonds. The zero-order valence-electron chi connectivity index (χ0n) is 12.0. The average molecular weight is 288 g/mol. The molecule has 1 fully saturated rings. The normalized spacial score (nSPS) is 22.9. The summed E-state index contributed by atoms with van der Waals surface area (Å²) in [5.74, 6) is 0.766. The Morgan fingerprint density at radius 2 is 1.70 bits per heavy atom. The Morgan fingerprint density at radius 3 is 2.50 bits per heavy atom. The van der Waals surface area contributed by atoms with Gasteiger partial charge in [-0.2, -0.15) is 0 Å². The van der Waals surface area contributed by atoms with Gasteiger partial charge in [-0.1, -0.05) is 54.6 Å². The van der Waals surface area contributed by atoms with Crippen LogP contribution in [0.4, 0.5) is 0 Å². The van der Waals surface area contributed by atoms with E-state index in [-0.39, 0.29) is 12.4 Å². The average Bonchev–Trinajstić information content (AvgIpc) is 2.47. The molecule has 20 heavy (non-hydrogen) atoms. The first-order valence-electron chi connectivity index (χ1n) is 7.30. The van der Waals surface area contributed by atoms with Crippen molar-refractivity contribution in [3.05, 3.63) is 54.1 Å². The maximum atomic E-state index is 2.42. The molecule has 1 saturated heterocycles. The fourth-order valence-corrected chi connectivity index (χ4v) is 2.96. The largest absolute Gasteiger partial charge is 1.00 e. The maximum absolute atomic E-state index is 2.42. The van der Waals surface area contributed by atoms with Crippen molar-refractivity contribution >= 4 is 16.8 Å². The molecule has 1 N–H and O–H groups in total. The van der Waals surface area contributed by atoms with Gasteiger partial charge in [-0.3, -0.25) is 0 Å². The van der Waals surface area contributed by atoms with Gasteiger partial charge in [-0.25, -0.2) is 0 Å². The molecule has 1 aliphatic rings. The van der Waals surface area contributed by atoms with Gasteiger partial charge in [0.1, 0.15) is 0 Å². The van der Waals surface area contributed by atoms with Crippen molar-refractivity contribution < 1.29 is 17.3 Å². The second-order valence-corrected chi connectivity index (χ2v) is 5.72. The molecule has 106 valence electrons. The summed E-state index contributed by atoms with van der Waals surface area (Å²) in [4.78, 5) is 1.68. The number of nitrogens with one attached hydrogen (secondary N) is 1. The number of allylic oxidation sites excluding steroid dienone is 1. The van der Waals surface area contributed by atoms with Gasteiger partial charge in [-0.15, -0.1) is 0 Å². The number of rotatable bonds is 2. The number of fused-ring (bicyclic) bond motifs is 1. The van der Waals surface area contributed by atoms with E-state index in [9.17, 15) is 0 Å². The first-order chi connectivity index (χ1) is 9.33. The molecular weight excluding hydrogens is 266 g/mol. The molecule has 0 bridgehead atoms. The Kier molecular flexibility index (Phi) is 5.22. The highest BCUT2D eigenvalue weighted by atomic mass is 35.5. The van der Waals surface area contributed by atoms with Crippen LogP contribution >= 0.6 is 0 Å². The summed E-state index contributed by atoms with van der Waals surface area (Å²) in [6.45, 7) is 2.62. The summed E-state index contributed by atoms with van der Waals surface area (Å²) < 4.78 is 0. The third-order valence-electron chi connectivity index (χ3n) is 4.26. The third-order valence-corrected chi connectivity index (χ3v) is 4.26. The van der Waals surface area contributed by atoms with E-state index in [1.807, 2.05) is 0 Å². The highest BCUT2D eigenvalue weighted by molar-refractivity contribution is 5.90. The second kappa shape index (κ2) is 6.92. The van der Waals surface area contributed by atoms with Gasteiger partial charge >= 0.3 is 0 Å². The van der Waals surface area contributed by atoms with E-state index in [4.69, 9.17) is 0 Å². The van der Waals surface area contributed by atoms with Crippen LogP contribution in [0.1, 0.15) is 18.4 Å². The van der Waals surface area contributed by atoms with Crippen molar-refractivity contribution in [1.29, 1.82) is 0 Å². The predicted molar refractivity (Wildman–Crippen MR) is 82.3 cm³/mol. The summed E-state index contributed by atoms with van der Waals surface area (Å²) in [5.41, 5.74) is 1.35. The van der Waals surface area contributed by atoms with Crippen LogP contribution in [-0.4, -0.2) is 20.1 Å². The lowest BCUT2D eigenvalue weighted by molar-refractivity contribution is -0.885. The van der Waals surface area contributed by atoms with Crippen molar-refractivity contribution in [3.63, 3.8) is 0 Å². The molecule has 0 atom stereocenters. The number of hydrogen-bond donors (Lipinski definition) is 1. The minimum Gasteiger partial charge on any atom is -1.00 e. The molecule has 0 aliphatic carbocycles. The second-order valence-electron chi connectivity index (χ2n) is 5.72. The van der Waals surface area contributed by atoms with E-state index in [2.05, 4.69) is 61.7 Å². The molecule has 1 aliphatic heterocycles. The van der Waals surface area contributed by atoms with Crippen LogP contribution in [0.5, 0.6) is 0 Å². The first-order valence-corrected chi connectivity index (χ1v) is 7.30. The Bertz CT molecular complexity index is 577. The van der Waals surface area contributed by atoms with Crippen LogP contribution in [0.25, 0.3) is 16.8 Å². The molecular formula is C18H22ClN. The minimum absolute atomic E-state index is 0. The summed E-state index contributed by atoms with van der Waals surface area (Å²) in [6, 6.07) is 15.2. The molecule has 3 rings (SSSR count). The first kappa shape index (κ1) is 15.1. The van der Waals surface area contributed by atoms with Crippen molar-refractivity contribution in [2.45, 2.75) is 12.8 Å².